The van der Waals surface area contributed by atoms with Crippen molar-refractivity contribution in [2.75, 3.05) is 13.1 Å². The molecule has 4 aromatic rings. The summed E-state index contributed by atoms with van der Waals surface area (Å²) in [6.07, 6.45) is 3.22. The van der Waals surface area contributed by atoms with Gasteiger partial charge < -0.3 is 19.9 Å². The lowest BCUT2D eigenvalue weighted by molar-refractivity contribution is -0.384. The molecule has 3 heterocycles. The van der Waals surface area contributed by atoms with E-state index in [4.69, 9.17) is 4.99 Å². The number of carbonyl (C=O) groups excluding carboxylic acids is 2. The number of nitro benzene ring substituents is 1. The van der Waals surface area contributed by atoms with Crippen molar-refractivity contribution in [3.8, 4) is 5.88 Å². The zero-order chi connectivity index (χ0) is 29.4. The smallest absolute Gasteiger partial charge is 0.270 e. The van der Waals surface area contributed by atoms with E-state index in [0.717, 1.165) is 36.1 Å². The Labute approximate surface area is 242 Å². The third-order valence-corrected chi connectivity index (χ3v) is 8.12. The topological polar surface area (TPSA) is 132 Å². The lowest BCUT2D eigenvalue weighted by Crippen LogP contribution is -2.34. The Balaban J connectivity index is 1.43. The molecule has 0 saturated carbocycles. The van der Waals surface area contributed by atoms with Crippen LogP contribution < -0.4 is 0 Å². The highest BCUT2D eigenvalue weighted by Gasteiger charge is 2.23. The maximum atomic E-state index is 12.3. The number of hydrogen-bond acceptors (Lipinski definition) is 6. The van der Waals surface area contributed by atoms with E-state index < -0.39 is 4.92 Å². The predicted molar refractivity (Wildman–Crippen MR) is 159 cm³/mol. The number of aromatic nitrogens is 1. The highest BCUT2D eigenvalue weighted by atomic mass is 16.6. The highest BCUT2D eigenvalue weighted by Crippen LogP contribution is 2.34. The van der Waals surface area contributed by atoms with Gasteiger partial charge in [0.2, 0.25) is 11.8 Å². The monoisotopic (exact) mass is 565 g/mol. The molecule has 0 radical (unpaired) electrons. The van der Waals surface area contributed by atoms with E-state index in [1.54, 1.807) is 13.0 Å². The summed E-state index contributed by atoms with van der Waals surface area (Å²) in [5.74, 6) is 0.0704. The van der Waals surface area contributed by atoms with Crippen LogP contribution >= 0.6 is 0 Å². The average Bonchev–Trinajstić information content (AvgIpc) is 3.31. The van der Waals surface area contributed by atoms with Gasteiger partial charge in [0.25, 0.3) is 5.69 Å². The van der Waals surface area contributed by atoms with Crippen molar-refractivity contribution in [3.63, 3.8) is 0 Å². The van der Waals surface area contributed by atoms with Gasteiger partial charge >= 0.3 is 0 Å². The van der Waals surface area contributed by atoms with E-state index >= 15 is 0 Å². The Hall–Kier alpha value is -4.99. The molecule has 10 heteroatoms. The molecule has 1 aromatic heterocycles. The molecule has 0 spiro atoms. The number of nitrogens with zero attached hydrogens (tertiary/aromatic N) is 4. The number of aromatic hydroxyl groups is 1. The zero-order valence-corrected chi connectivity index (χ0v) is 23.3. The largest absolute Gasteiger partial charge is 0.494 e. The standard InChI is InChI=1S/C32H31N5O5/c1-20(38)35-15-13-23-16-25(10-9-24(23)19-35)33-31(30-27-17-26(37(41)42)11-12-28(27)34-32(30)40)22-7-5-21(6-8-22)18-36-14-3-2-4-29(36)39/h5-12,16-17,34,40H,2-4,13-15,18-19H2,1H3. The number of fused-ring (bicyclic) bond motifs is 2. The first-order chi connectivity index (χ1) is 20.3. The van der Waals surface area contributed by atoms with Crippen LogP contribution in [0.4, 0.5) is 11.4 Å². The molecule has 2 N–H and O–H groups in total. The maximum absolute atomic E-state index is 12.3. The van der Waals surface area contributed by atoms with Crippen molar-refractivity contribution in [1.82, 2.24) is 14.8 Å². The number of nitro groups is 1. The molecule has 0 aliphatic carbocycles. The molecule has 0 unspecified atom stereocenters. The SMILES string of the molecule is CC(=O)N1CCc2cc(N=C(c3ccc(CN4CCCCC4=O)cc3)c3c(O)[nH]c4ccc([N+](=O)[O-])cc34)ccc2C1. The van der Waals surface area contributed by atoms with E-state index in [0.29, 0.717) is 65.9 Å². The van der Waals surface area contributed by atoms with Crippen LogP contribution in [0.5, 0.6) is 5.88 Å². The molecule has 2 amide bonds. The minimum Gasteiger partial charge on any atom is -0.494 e. The van der Waals surface area contributed by atoms with Crippen LogP contribution in [-0.4, -0.2) is 55.4 Å². The second-order valence-electron chi connectivity index (χ2n) is 10.9. The fourth-order valence-corrected chi connectivity index (χ4v) is 5.81. The molecule has 1 saturated heterocycles. The number of nitrogens with one attached hydrogen (secondary N) is 1. The maximum Gasteiger partial charge on any atom is 0.270 e. The van der Waals surface area contributed by atoms with Crippen molar-refractivity contribution in [3.05, 3.63) is 98.6 Å². The summed E-state index contributed by atoms with van der Waals surface area (Å²) in [5, 5.41) is 23.1. The molecule has 6 rings (SSSR count). The van der Waals surface area contributed by atoms with Gasteiger partial charge in [-0.25, -0.2) is 4.99 Å². The van der Waals surface area contributed by atoms with Gasteiger partial charge in [-0.15, -0.1) is 0 Å². The number of amides is 2. The van der Waals surface area contributed by atoms with Crippen molar-refractivity contribution in [2.24, 2.45) is 4.99 Å². The molecule has 3 aromatic carbocycles. The predicted octanol–water partition coefficient (Wildman–Crippen LogP) is 5.37. The number of carbonyl (C=O) groups is 2. The molecular formula is C32H31N5O5. The van der Waals surface area contributed by atoms with Gasteiger partial charge in [0.15, 0.2) is 5.88 Å². The van der Waals surface area contributed by atoms with Crippen molar-refractivity contribution in [2.45, 2.75) is 45.7 Å². The first kappa shape index (κ1) is 27.2. The Morgan fingerprint density at radius 1 is 1.02 bits per heavy atom. The second kappa shape index (κ2) is 11.1. The minimum atomic E-state index is -0.464. The van der Waals surface area contributed by atoms with Crippen molar-refractivity contribution in [1.29, 1.82) is 0 Å². The number of aromatic amines is 1. The lowest BCUT2D eigenvalue weighted by atomic mass is 9.97. The first-order valence-electron chi connectivity index (χ1n) is 14.1. The van der Waals surface area contributed by atoms with E-state index in [2.05, 4.69) is 4.98 Å². The van der Waals surface area contributed by atoms with Gasteiger partial charge in [-0.1, -0.05) is 30.3 Å². The Morgan fingerprint density at radius 3 is 2.57 bits per heavy atom. The number of piperidine rings is 1. The molecule has 1 fully saturated rings. The number of hydrogen-bond donors (Lipinski definition) is 2. The minimum absolute atomic E-state index is 0.0436. The van der Waals surface area contributed by atoms with Crippen LogP contribution in [0.1, 0.15) is 54.0 Å². The lowest BCUT2D eigenvalue weighted by Gasteiger charge is -2.28. The molecule has 2 aliphatic rings. The normalized spacial score (nSPS) is 15.6. The van der Waals surface area contributed by atoms with Gasteiger partial charge in [0, 0.05) is 68.1 Å². The molecular weight excluding hydrogens is 534 g/mol. The number of aliphatic imine (C=N–C) groups is 1. The quantitative estimate of drug-likeness (QED) is 0.184. The van der Waals surface area contributed by atoms with E-state index in [-0.39, 0.29) is 23.4 Å². The highest BCUT2D eigenvalue weighted by molar-refractivity contribution is 6.22. The van der Waals surface area contributed by atoms with E-state index in [1.807, 2.05) is 52.3 Å². The summed E-state index contributed by atoms with van der Waals surface area (Å²) >= 11 is 0. The Morgan fingerprint density at radius 2 is 1.83 bits per heavy atom. The van der Waals surface area contributed by atoms with Gasteiger partial charge in [-0.05, 0) is 54.2 Å². The number of likely N-dealkylation sites (tertiary alicyclic amines) is 1. The number of non-ortho nitro benzene ring substituents is 1. The van der Waals surface area contributed by atoms with Crippen LogP contribution in [0.3, 0.4) is 0 Å². The van der Waals surface area contributed by atoms with E-state index in [1.165, 1.54) is 12.1 Å². The summed E-state index contributed by atoms with van der Waals surface area (Å²) in [5.41, 5.74) is 5.83. The molecule has 0 bridgehead atoms. The van der Waals surface area contributed by atoms with Crippen LogP contribution in [-0.2, 0) is 29.1 Å². The Kier molecular flexibility index (Phi) is 7.20. The summed E-state index contributed by atoms with van der Waals surface area (Å²) in [4.78, 5) is 46.9. The summed E-state index contributed by atoms with van der Waals surface area (Å²) in [7, 11) is 0. The second-order valence-corrected chi connectivity index (χ2v) is 10.9. The molecule has 2 aliphatic heterocycles. The average molecular weight is 566 g/mol. The van der Waals surface area contributed by atoms with Crippen LogP contribution in [0.15, 0.2) is 65.7 Å². The van der Waals surface area contributed by atoms with Crippen LogP contribution in [0.25, 0.3) is 10.9 Å². The Bertz CT molecular complexity index is 1740. The molecule has 42 heavy (non-hydrogen) atoms. The first-order valence-corrected chi connectivity index (χ1v) is 14.1. The summed E-state index contributed by atoms with van der Waals surface area (Å²) in [6.45, 7) is 4.03. The van der Waals surface area contributed by atoms with Crippen LogP contribution in [0.2, 0.25) is 0 Å². The molecule has 214 valence electrons. The molecule has 10 nitrogen and oxygen atoms in total. The third-order valence-electron chi connectivity index (χ3n) is 8.12. The van der Waals surface area contributed by atoms with Crippen molar-refractivity contribution < 1.29 is 19.6 Å². The number of benzene rings is 3. The fraction of sp³-hybridized carbons (Fsp3) is 0.281. The van der Waals surface area contributed by atoms with Gasteiger partial charge in [0.05, 0.1) is 21.9 Å². The summed E-state index contributed by atoms with van der Waals surface area (Å²) < 4.78 is 0. The summed E-state index contributed by atoms with van der Waals surface area (Å²) in [6, 6.07) is 18.0. The van der Waals surface area contributed by atoms with E-state index in [9.17, 15) is 24.8 Å². The third kappa shape index (κ3) is 5.35. The zero-order valence-electron chi connectivity index (χ0n) is 23.3. The van der Waals surface area contributed by atoms with Crippen molar-refractivity contribution >= 4 is 39.8 Å². The fourth-order valence-electron chi connectivity index (χ4n) is 5.81. The van der Waals surface area contributed by atoms with Crippen LogP contribution in [0, 0.1) is 10.1 Å². The number of H-pyrrole nitrogens is 1. The molecule has 0 atom stereocenters. The van der Waals surface area contributed by atoms with Gasteiger partial charge in [-0.2, -0.15) is 0 Å². The van der Waals surface area contributed by atoms with Gasteiger partial charge in [-0.3, -0.25) is 19.7 Å². The number of rotatable bonds is 6. The van der Waals surface area contributed by atoms with Gasteiger partial charge in [0.1, 0.15) is 0 Å².